The molecule has 0 aliphatic rings. The van der Waals surface area contributed by atoms with Crippen LogP contribution in [0.4, 0.5) is 0 Å². The number of alkyl halides is 1. The first-order valence-corrected chi connectivity index (χ1v) is 7.68. The summed E-state index contributed by atoms with van der Waals surface area (Å²) in [6, 6.07) is 8.06. The summed E-state index contributed by atoms with van der Waals surface area (Å²) in [5.74, 6) is 1.42. The Balaban J connectivity index is 2.33. The molecule has 0 N–H and O–H groups in total. The van der Waals surface area contributed by atoms with Gasteiger partial charge in [0, 0.05) is 18.5 Å². The second kappa shape index (κ2) is 5.66. The molecule has 0 spiro atoms. The van der Waals surface area contributed by atoms with E-state index in [0.29, 0.717) is 17.3 Å². The number of aromatic nitrogens is 3. The number of imidazole rings is 1. The highest BCUT2D eigenvalue weighted by atomic mass is 35.5. The van der Waals surface area contributed by atoms with Crippen LogP contribution in [0.5, 0.6) is 0 Å². The summed E-state index contributed by atoms with van der Waals surface area (Å²) in [7, 11) is 0. The number of pyridine rings is 1. The molecule has 3 aromatic rings. The zero-order chi connectivity index (χ0) is 15.0. The van der Waals surface area contributed by atoms with Gasteiger partial charge >= 0.3 is 0 Å². The molecule has 0 saturated heterocycles. The van der Waals surface area contributed by atoms with Crippen molar-refractivity contribution in [3.8, 4) is 5.69 Å². The summed E-state index contributed by atoms with van der Waals surface area (Å²) in [6.45, 7) is 4.21. The predicted molar refractivity (Wildman–Crippen MR) is 87.8 cm³/mol. The van der Waals surface area contributed by atoms with Crippen molar-refractivity contribution in [2.45, 2.75) is 20.3 Å². The van der Waals surface area contributed by atoms with Crippen LogP contribution in [0.3, 0.4) is 0 Å². The Hall–Kier alpha value is -1.58. The number of nitrogens with zero attached hydrogens (tertiary/aromatic N) is 3. The van der Waals surface area contributed by atoms with Crippen molar-refractivity contribution in [2.24, 2.45) is 0 Å². The summed E-state index contributed by atoms with van der Waals surface area (Å²) in [5.41, 5.74) is 5.15. The first-order valence-electron chi connectivity index (χ1n) is 6.77. The van der Waals surface area contributed by atoms with Gasteiger partial charge in [-0.2, -0.15) is 0 Å². The van der Waals surface area contributed by atoms with Crippen LogP contribution in [0.1, 0.15) is 17.0 Å². The molecule has 0 atom stereocenters. The fourth-order valence-corrected chi connectivity index (χ4v) is 2.79. The minimum Gasteiger partial charge on any atom is -0.280 e. The predicted octanol–water partition coefficient (Wildman–Crippen LogP) is 4.47. The van der Waals surface area contributed by atoms with Gasteiger partial charge in [-0.3, -0.25) is 4.57 Å². The number of halogens is 2. The Morgan fingerprint density at radius 2 is 2.05 bits per heavy atom. The van der Waals surface area contributed by atoms with Crippen LogP contribution in [-0.2, 0) is 6.42 Å². The molecule has 0 amide bonds. The van der Waals surface area contributed by atoms with Crippen molar-refractivity contribution in [3.63, 3.8) is 0 Å². The van der Waals surface area contributed by atoms with E-state index in [9.17, 15) is 0 Å². The molecule has 0 fully saturated rings. The van der Waals surface area contributed by atoms with E-state index in [0.717, 1.165) is 22.7 Å². The lowest BCUT2D eigenvalue weighted by Crippen LogP contribution is -2.05. The normalized spacial score (nSPS) is 11.2. The molecule has 21 heavy (non-hydrogen) atoms. The molecule has 2 heterocycles. The molecular weight excluding hydrogens is 305 g/mol. The van der Waals surface area contributed by atoms with Crippen LogP contribution in [0.2, 0.25) is 5.02 Å². The average Bonchev–Trinajstić information content (AvgIpc) is 2.79. The SMILES string of the molecule is Cc1cccc(-n2c(CCCl)nc3cc(Cl)cnc32)c1C. The molecule has 0 radical (unpaired) electrons. The summed E-state index contributed by atoms with van der Waals surface area (Å²) in [5, 5.41) is 0.588. The van der Waals surface area contributed by atoms with Crippen LogP contribution >= 0.6 is 23.2 Å². The van der Waals surface area contributed by atoms with Crippen molar-refractivity contribution >= 4 is 34.4 Å². The van der Waals surface area contributed by atoms with E-state index in [2.05, 4.69) is 40.5 Å². The zero-order valence-electron chi connectivity index (χ0n) is 11.9. The maximum absolute atomic E-state index is 6.02. The Labute approximate surface area is 133 Å². The van der Waals surface area contributed by atoms with Crippen molar-refractivity contribution in [3.05, 3.63) is 52.4 Å². The standard InChI is InChI=1S/C16H15Cl2N3/c1-10-4-3-5-14(11(10)2)21-15(6-7-17)20-13-8-12(18)9-19-16(13)21/h3-5,8-9H,6-7H2,1-2H3. The topological polar surface area (TPSA) is 30.7 Å². The summed E-state index contributed by atoms with van der Waals surface area (Å²) < 4.78 is 2.08. The molecule has 0 aliphatic heterocycles. The highest BCUT2D eigenvalue weighted by Gasteiger charge is 2.15. The van der Waals surface area contributed by atoms with Gasteiger partial charge < -0.3 is 0 Å². The van der Waals surface area contributed by atoms with Crippen LogP contribution in [0, 0.1) is 13.8 Å². The largest absolute Gasteiger partial charge is 0.280 e. The molecule has 0 aliphatic carbocycles. The molecule has 108 valence electrons. The van der Waals surface area contributed by atoms with Crippen LogP contribution < -0.4 is 0 Å². The van der Waals surface area contributed by atoms with Gasteiger partial charge in [0.15, 0.2) is 5.65 Å². The third-order valence-electron chi connectivity index (χ3n) is 3.67. The Morgan fingerprint density at radius 1 is 1.24 bits per heavy atom. The third kappa shape index (κ3) is 2.52. The lowest BCUT2D eigenvalue weighted by molar-refractivity contribution is 0.898. The van der Waals surface area contributed by atoms with E-state index in [-0.39, 0.29) is 0 Å². The van der Waals surface area contributed by atoms with Crippen molar-refractivity contribution in [1.82, 2.24) is 14.5 Å². The van der Waals surface area contributed by atoms with Crippen LogP contribution in [0.25, 0.3) is 16.9 Å². The van der Waals surface area contributed by atoms with Gasteiger partial charge in [-0.25, -0.2) is 9.97 Å². The van der Waals surface area contributed by atoms with E-state index in [1.165, 1.54) is 11.1 Å². The van der Waals surface area contributed by atoms with Crippen LogP contribution in [-0.4, -0.2) is 20.4 Å². The molecule has 5 heteroatoms. The van der Waals surface area contributed by atoms with Gasteiger partial charge in [-0.05, 0) is 37.1 Å². The van der Waals surface area contributed by atoms with E-state index in [1.807, 2.05) is 12.1 Å². The summed E-state index contributed by atoms with van der Waals surface area (Å²) in [6.07, 6.45) is 2.33. The third-order valence-corrected chi connectivity index (χ3v) is 4.06. The lowest BCUT2D eigenvalue weighted by Gasteiger charge is -2.12. The molecule has 3 nitrogen and oxygen atoms in total. The molecule has 0 saturated carbocycles. The number of hydrogen-bond donors (Lipinski definition) is 0. The fraction of sp³-hybridized carbons (Fsp3) is 0.250. The first-order chi connectivity index (χ1) is 10.1. The highest BCUT2D eigenvalue weighted by molar-refractivity contribution is 6.31. The molecule has 1 aromatic carbocycles. The second-order valence-electron chi connectivity index (χ2n) is 5.02. The number of benzene rings is 1. The first kappa shape index (κ1) is 14.4. The smallest absolute Gasteiger partial charge is 0.164 e. The minimum absolute atomic E-state index is 0.516. The Morgan fingerprint density at radius 3 is 2.81 bits per heavy atom. The number of aryl methyl sites for hydroxylation is 2. The van der Waals surface area contributed by atoms with Gasteiger partial charge in [0.05, 0.1) is 10.7 Å². The maximum atomic E-state index is 6.02. The number of rotatable bonds is 3. The van der Waals surface area contributed by atoms with E-state index in [4.69, 9.17) is 23.2 Å². The summed E-state index contributed by atoms with van der Waals surface area (Å²) in [4.78, 5) is 9.10. The van der Waals surface area contributed by atoms with Crippen LogP contribution in [0.15, 0.2) is 30.5 Å². The van der Waals surface area contributed by atoms with Gasteiger partial charge in [0.2, 0.25) is 0 Å². The quantitative estimate of drug-likeness (QED) is 0.667. The highest BCUT2D eigenvalue weighted by Crippen LogP contribution is 2.26. The minimum atomic E-state index is 0.516. The van der Waals surface area contributed by atoms with E-state index in [1.54, 1.807) is 6.20 Å². The van der Waals surface area contributed by atoms with Gasteiger partial charge in [0.25, 0.3) is 0 Å². The number of fused-ring (bicyclic) bond motifs is 1. The molecule has 3 rings (SSSR count). The second-order valence-corrected chi connectivity index (χ2v) is 5.83. The van der Waals surface area contributed by atoms with Gasteiger partial charge in [-0.1, -0.05) is 23.7 Å². The molecule has 0 unspecified atom stereocenters. The Bertz CT molecular complexity index is 809. The van der Waals surface area contributed by atoms with Crippen molar-refractivity contribution in [2.75, 3.05) is 5.88 Å². The summed E-state index contributed by atoms with van der Waals surface area (Å²) >= 11 is 11.9. The molecule has 0 bridgehead atoms. The molecular formula is C16H15Cl2N3. The average molecular weight is 320 g/mol. The van der Waals surface area contributed by atoms with Crippen molar-refractivity contribution in [1.29, 1.82) is 0 Å². The Kier molecular flexibility index (Phi) is 3.87. The van der Waals surface area contributed by atoms with Crippen molar-refractivity contribution < 1.29 is 0 Å². The molecule has 2 aromatic heterocycles. The zero-order valence-corrected chi connectivity index (χ0v) is 13.4. The van der Waals surface area contributed by atoms with E-state index < -0.39 is 0 Å². The maximum Gasteiger partial charge on any atom is 0.164 e. The monoisotopic (exact) mass is 319 g/mol. The lowest BCUT2D eigenvalue weighted by atomic mass is 10.1. The number of hydrogen-bond acceptors (Lipinski definition) is 2. The van der Waals surface area contributed by atoms with Gasteiger partial charge in [-0.15, -0.1) is 11.6 Å². The van der Waals surface area contributed by atoms with E-state index >= 15 is 0 Å². The van der Waals surface area contributed by atoms with Gasteiger partial charge in [0.1, 0.15) is 11.3 Å². The fourth-order valence-electron chi connectivity index (χ4n) is 2.47.